The molecular formula is C15H20N2OS. The molecule has 102 valence electrons. The maximum Gasteiger partial charge on any atom is 0.183 e. The predicted molar refractivity (Wildman–Crippen MR) is 82.2 cm³/mol. The first kappa shape index (κ1) is 13.9. The van der Waals surface area contributed by atoms with E-state index in [0.29, 0.717) is 0 Å². The Morgan fingerprint density at radius 1 is 1.16 bits per heavy atom. The third-order valence-electron chi connectivity index (χ3n) is 2.63. The summed E-state index contributed by atoms with van der Waals surface area (Å²) in [5.74, 6) is 0.874. The van der Waals surface area contributed by atoms with Crippen molar-refractivity contribution in [2.75, 3.05) is 12.4 Å². The summed E-state index contributed by atoms with van der Waals surface area (Å²) in [7, 11) is 1.68. The van der Waals surface area contributed by atoms with Crippen molar-refractivity contribution in [1.82, 2.24) is 4.98 Å². The molecule has 0 fully saturated rings. The van der Waals surface area contributed by atoms with Gasteiger partial charge in [-0.3, -0.25) is 0 Å². The normalized spacial score (nSPS) is 11.4. The molecule has 19 heavy (non-hydrogen) atoms. The fourth-order valence-electron chi connectivity index (χ4n) is 1.78. The summed E-state index contributed by atoms with van der Waals surface area (Å²) in [5.41, 5.74) is 2.27. The van der Waals surface area contributed by atoms with Gasteiger partial charge in [0, 0.05) is 5.54 Å². The molecule has 2 rings (SSSR count). The molecule has 0 saturated heterocycles. The maximum atomic E-state index is 5.18. The maximum absolute atomic E-state index is 5.18. The Morgan fingerprint density at radius 3 is 2.32 bits per heavy atom. The van der Waals surface area contributed by atoms with E-state index in [2.05, 4.69) is 43.2 Å². The van der Waals surface area contributed by atoms with Crippen molar-refractivity contribution in [1.29, 1.82) is 0 Å². The lowest BCUT2D eigenvalue weighted by Gasteiger charge is -2.19. The molecule has 1 aromatic heterocycles. The fourth-order valence-corrected chi connectivity index (χ4v) is 2.96. The molecule has 0 aliphatic carbocycles. The summed E-state index contributed by atoms with van der Waals surface area (Å²) in [4.78, 5) is 5.79. The van der Waals surface area contributed by atoms with Gasteiger partial charge in [0.15, 0.2) is 5.13 Å². The topological polar surface area (TPSA) is 34.1 Å². The van der Waals surface area contributed by atoms with Crippen LogP contribution in [-0.4, -0.2) is 17.6 Å². The zero-order valence-electron chi connectivity index (χ0n) is 12.1. The Balaban J connectivity index is 2.29. The van der Waals surface area contributed by atoms with Crippen LogP contribution >= 0.6 is 11.3 Å². The van der Waals surface area contributed by atoms with E-state index in [1.807, 2.05) is 19.1 Å². The quantitative estimate of drug-likeness (QED) is 0.905. The van der Waals surface area contributed by atoms with E-state index in [1.54, 1.807) is 18.4 Å². The van der Waals surface area contributed by atoms with Gasteiger partial charge in [-0.15, -0.1) is 0 Å². The first-order chi connectivity index (χ1) is 8.89. The van der Waals surface area contributed by atoms with Crippen LogP contribution in [0.5, 0.6) is 5.75 Å². The first-order valence-electron chi connectivity index (χ1n) is 6.29. The lowest BCUT2D eigenvalue weighted by molar-refractivity contribution is 0.415. The molecule has 0 bridgehead atoms. The zero-order valence-corrected chi connectivity index (χ0v) is 12.9. The third kappa shape index (κ3) is 3.47. The van der Waals surface area contributed by atoms with Crippen LogP contribution in [0.1, 0.15) is 26.5 Å². The first-order valence-corrected chi connectivity index (χ1v) is 7.11. The molecule has 0 atom stereocenters. The van der Waals surface area contributed by atoms with Crippen LogP contribution in [0.4, 0.5) is 5.13 Å². The van der Waals surface area contributed by atoms with Crippen LogP contribution in [-0.2, 0) is 0 Å². The Morgan fingerprint density at radius 2 is 1.79 bits per heavy atom. The lowest BCUT2D eigenvalue weighted by Crippen LogP contribution is -2.25. The third-order valence-corrected chi connectivity index (χ3v) is 3.75. The van der Waals surface area contributed by atoms with Gasteiger partial charge < -0.3 is 10.1 Å². The second-order valence-electron chi connectivity index (χ2n) is 5.54. The number of rotatable bonds is 3. The second-order valence-corrected chi connectivity index (χ2v) is 6.54. The van der Waals surface area contributed by atoms with E-state index in [-0.39, 0.29) is 5.54 Å². The summed E-state index contributed by atoms with van der Waals surface area (Å²) in [5, 5.41) is 4.39. The van der Waals surface area contributed by atoms with Gasteiger partial charge in [0.1, 0.15) is 5.75 Å². The number of ether oxygens (including phenoxy) is 1. The highest BCUT2D eigenvalue weighted by Crippen LogP contribution is 2.34. The van der Waals surface area contributed by atoms with E-state index in [1.165, 1.54) is 10.4 Å². The molecule has 0 saturated carbocycles. The zero-order chi connectivity index (χ0) is 14.0. The number of thiazole rings is 1. The van der Waals surface area contributed by atoms with E-state index in [4.69, 9.17) is 4.74 Å². The van der Waals surface area contributed by atoms with Crippen molar-refractivity contribution >= 4 is 16.5 Å². The van der Waals surface area contributed by atoms with Crippen molar-refractivity contribution in [3.8, 4) is 16.2 Å². The molecule has 1 aromatic carbocycles. The Labute approximate surface area is 118 Å². The highest BCUT2D eigenvalue weighted by Gasteiger charge is 2.15. The van der Waals surface area contributed by atoms with Crippen LogP contribution in [0.25, 0.3) is 10.4 Å². The molecule has 1 N–H and O–H groups in total. The molecular weight excluding hydrogens is 256 g/mol. The van der Waals surface area contributed by atoms with Gasteiger partial charge in [-0.2, -0.15) is 0 Å². The van der Waals surface area contributed by atoms with Crippen molar-refractivity contribution in [3.63, 3.8) is 0 Å². The summed E-state index contributed by atoms with van der Waals surface area (Å²) in [6, 6.07) is 8.09. The molecule has 4 heteroatoms. The average molecular weight is 276 g/mol. The second kappa shape index (κ2) is 5.21. The Bertz CT molecular complexity index is 553. The fraction of sp³-hybridized carbons (Fsp3) is 0.400. The van der Waals surface area contributed by atoms with Gasteiger partial charge in [-0.25, -0.2) is 4.98 Å². The molecule has 0 amide bonds. The summed E-state index contributed by atoms with van der Waals surface area (Å²) < 4.78 is 5.18. The van der Waals surface area contributed by atoms with Gasteiger partial charge in [-0.05, 0) is 57.5 Å². The van der Waals surface area contributed by atoms with Gasteiger partial charge in [0.25, 0.3) is 0 Å². The number of nitrogens with zero attached hydrogens (tertiary/aromatic N) is 1. The number of methoxy groups -OCH3 is 1. The molecule has 3 nitrogen and oxygen atoms in total. The number of benzene rings is 1. The standard InChI is InChI=1S/C15H20N2OS/c1-10-13(11-6-8-12(18-5)9-7-11)19-14(16-10)17-15(2,3)4/h6-9H,1-5H3,(H,16,17). The van der Waals surface area contributed by atoms with Crippen LogP contribution in [0.15, 0.2) is 24.3 Å². The minimum absolute atomic E-state index is 0.0292. The van der Waals surface area contributed by atoms with E-state index in [9.17, 15) is 0 Å². The van der Waals surface area contributed by atoms with Crippen LogP contribution in [0, 0.1) is 6.92 Å². The highest BCUT2D eigenvalue weighted by molar-refractivity contribution is 7.19. The molecule has 0 radical (unpaired) electrons. The predicted octanol–water partition coefficient (Wildman–Crippen LogP) is 4.34. The van der Waals surface area contributed by atoms with Gasteiger partial charge in [0.2, 0.25) is 0 Å². The minimum Gasteiger partial charge on any atom is -0.497 e. The van der Waals surface area contributed by atoms with Crippen molar-refractivity contribution in [2.45, 2.75) is 33.2 Å². The number of aryl methyl sites for hydroxylation is 1. The molecule has 0 aliphatic heterocycles. The number of nitrogens with one attached hydrogen (secondary N) is 1. The van der Waals surface area contributed by atoms with E-state index in [0.717, 1.165) is 16.6 Å². The number of aromatic nitrogens is 1. The van der Waals surface area contributed by atoms with Crippen LogP contribution < -0.4 is 10.1 Å². The molecule has 0 spiro atoms. The largest absolute Gasteiger partial charge is 0.497 e. The number of hydrogen-bond donors (Lipinski definition) is 1. The van der Waals surface area contributed by atoms with Crippen molar-refractivity contribution < 1.29 is 4.74 Å². The van der Waals surface area contributed by atoms with Crippen molar-refractivity contribution in [3.05, 3.63) is 30.0 Å². The number of hydrogen-bond acceptors (Lipinski definition) is 4. The number of anilines is 1. The van der Waals surface area contributed by atoms with Crippen LogP contribution in [0.3, 0.4) is 0 Å². The molecule has 1 heterocycles. The summed E-state index contributed by atoms with van der Waals surface area (Å²) in [6.07, 6.45) is 0. The smallest absolute Gasteiger partial charge is 0.183 e. The van der Waals surface area contributed by atoms with E-state index >= 15 is 0 Å². The molecule has 2 aromatic rings. The SMILES string of the molecule is COc1ccc(-c2sc(NC(C)(C)C)nc2C)cc1. The average Bonchev–Trinajstić information content (AvgIpc) is 2.68. The Kier molecular flexibility index (Phi) is 3.80. The molecule has 0 unspecified atom stereocenters. The monoisotopic (exact) mass is 276 g/mol. The Hall–Kier alpha value is -1.55. The summed E-state index contributed by atoms with van der Waals surface area (Å²) in [6.45, 7) is 8.45. The van der Waals surface area contributed by atoms with E-state index < -0.39 is 0 Å². The molecule has 0 aliphatic rings. The van der Waals surface area contributed by atoms with Crippen LogP contribution in [0.2, 0.25) is 0 Å². The van der Waals surface area contributed by atoms with Gasteiger partial charge in [-0.1, -0.05) is 11.3 Å². The highest BCUT2D eigenvalue weighted by atomic mass is 32.1. The van der Waals surface area contributed by atoms with Gasteiger partial charge in [0.05, 0.1) is 17.7 Å². The lowest BCUT2D eigenvalue weighted by atomic mass is 10.1. The van der Waals surface area contributed by atoms with Gasteiger partial charge >= 0.3 is 0 Å². The minimum atomic E-state index is 0.0292. The summed E-state index contributed by atoms with van der Waals surface area (Å²) >= 11 is 1.69. The van der Waals surface area contributed by atoms with Crippen molar-refractivity contribution in [2.24, 2.45) is 0 Å².